The van der Waals surface area contributed by atoms with Crippen LogP contribution in [-0.2, 0) is 29.4 Å². The first-order valence-corrected chi connectivity index (χ1v) is 11.0. The van der Waals surface area contributed by atoms with E-state index in [1.165, 1.54) is 0 Å². The monoisotopic (exact) mass is 627 g/mol. The molecule has 0 aliphatic carbocycles. The normalized spacial score (nSPS) is 15.6. The van der Waals surface area contributed by atoms with Crippen LogP contribution in [0.4, 0.5) is 0 Å². The molecular formula is C28H27BIrN2O2-2. The van der Waals surface area contributed by atoms with Crippen LogP contribution in [0.1, 0.15) is 27.7 Å². The number of pyridine rings is 2. The molecule has 34 heavy (non-hydrogen) atoms. The average Bonchev–Trinajstić information content (AvgIpc) is 3.08. The number of aromatic nitrogens is 2. The van der Waals surface area contributed by atoms with Gasteiger partial charge in [-0.3, -0.25) is 0 Å². The van der Waals surface area contributed by atoms with Crippen LogP contribution in [0, 0.1) is 12.1 Å². The second-order valence-electron chi connectivity index (χ2n) is 8.83. The minimum absolute atomic E-state index is 0. The fraction of sp³-hybridized carbons (Fsp3) is 0.214. The van der Waals surface area contributed by atoms with Crippen LogP contribution in [0.25, 0.3) is 22.5 Å². The van der Waals surface area contributed by atoms with E-state index in [0.29, 0.717) is 0 Å². The molecule has 0 bridgehead atoms. The van der Waals surface area contributed by atoms with E-state index in [2.05, 4.69) is 49.8 Å². The Balaban J connectivity index is 0.000000212. The van der Waals surface area contributed by atoms with Crippen LogP contribution in [0.15, 0.2) is 91.3 Å². The Hall–Kier alpha value is -2.63. The van der Waals surface area contributed by atoms with Crippen LogP contribution >= 0.6 is 0 Å². The van der Waals surface area contributed by atoms with Crippen LogP contribution in [0.3, 0.4) is 0 Å². The Morgan fingerprint density at radius 3 is 1.76 bits per heavy atom. The Morgan fingerprint density at radius 2 is 1.24 bits per heavy atom. The molecule has 0 unspecified atom stereocenters. The zero-order chi connectivity index (χ0) is 23.3. The summed E-state index contributed by atoms with van der Waals surface area (Å²) in [7, 11) is -0.361. The smallest absolute Gasteiger partial charge is 0.399 e. The van der Waals surface area contributed by atoms with E-state index < -0.39 is 0 Å². The Bertz CT molecular complexity index is 1120. The van der Waals surface area contributed by atoms with Crippen molar-refractivity contribution in [2.24, 2.45) is 0 Å². The fourth-order valence-corrected chi connectivity index (χ4v) is 3.35. The Labute approximate surface area is 216 Å². The van der Waals surface area contributed by atoms with E-state index in [1.807, 2.05) is 78.9 Å². The van der Waals surface area contributed by atoms with Crippen molar-refractivity contribution in [2.75, 3.05) is 0 Å². The molecule has 4 nitrogen and oxygen atoms in total. The van der Waals surface area contributed by atoms with E-state index in [4.69, 9.17) is 9.31 Å². The summed E-state index contributed by atoms with van der Waals surface area (Å²) in [6.45, 7) is 8.22. The quantitative estimate of drug-likeness (QED) is 0.226. The first-order valence-electron chi connectivity index (χ1n) is 11.0. The fourth-order valence-electron chi connectivity index (χ4n) is 3.35. The average molecular weight is 627 g/mol. The van der Waals surface area contributed by atoms with Crippen molar-refractivity contribution in [3.63, 3.8) is 0 Å². The zero-order valence-electron chi connectivity index (χ0n) is 19.8. The molecule has 1 aliphatic heterocycles. The van der Waals surface area contributed by atoms with E-state index in [9.17, 15) is 0 Å². The molecule has 4 aromatic rings. The van der Waals surface area contributed by atoms with E-state index in [0.717, 1.165) is 28.0 Å². The largest absolute Gasteiger partial charge is 0.494 e. The summed E-state index contributed by atoms with van der Waals surface area (Å²) in [4.78, 5) is 8.63. The number of rotatable bonds is 3. The van der Waals surface area contributed by atoms with Gasteiger partial charge < -0.3 is 19.3 Å². The Kier molecular flexibility index (Phi) is 8.56. The summed E-state index contributed by atoms with van der Waals surface area (Å²) in [5.41, 5.74) is 4.17. The van der Waals surface area contributed by atoms with Crippen molar-refractivity contribution >= 4 is 12.6 Å². The number of hydrogen-bond donors (Lipinski definition) is 0. The number of benzene rings is 2. The topological polar surface area (TPSA) is 44.2 Å². The molecule has 0 amide bonds. The summed E-state index contributed by atoms with van der Waals surface area (Å²) in [5, 5.41) is 0. The van der Waals surface area contributed by atoms with Crippen molar-refractivity contribution in [3.8, 4) is 22.5 Å². The summed E-state index contributed by atoms with van der Waals surface area (Å²) >= 11 is 0. The first-order chi connectivity index (χ1) is 15.9. The van der Waals surface area contributed by atoms with Crippen LogP contribution in [-0.4, -0.2) is 28.3 Å². The molecule has 5 rings (SSSR count). The van der Waals surface area contributed by atoms with Gasteiger partial charge in [-0.15, -0.1) is 71.8 Å². The van der Waals surface area contributed by atoms with Crippen molar-refractivity contribution in [1.82, 2.24) is 9.97 Å². The van der Waals surface area contributed by atoms with Crippen LogP contribution in [0.5, 0.6) is 0 Å². The van der Waals surface area contributed by atoms with Gasteiger partial charge in [0, 0.05) is 32.5 Å². The molecule has 2 aromatic heterocycles. The predicted octanol–water partition coefficient (Wildman–Crippen LogP) is 5.39. The molecular weight excluding hydrogens is 599 g/mol. The molecule has 0 atom stereocenters. The molecule has 6 heteroatoms. The van der Waals surface area contributed by atoms with Gasteiger partial charge in [-0.05, 0) is 56.7 Å². The van der Waals surface area contributed by atoms with Gasteiger partial charge in [0.2, 0.25) is 0 Å². The third kappa shape index (κ3) is 6.08. The van der Waals surface area contributed by atoms with Gasteiger partial charge in [-0.1, -0.05) is 18.2 Å². The minimum atomic E-state index is -0.361. The third-order valence-corrected chi connectivity index (χ3v) is 5.94. The molecule has 1 saturated heterocycles. The number of nitrogens with zero attached hydrogens (tertiary/aromatic N) is 2. The Morgan fingerprint density at radius 1 is 0.676 bits per heavy atom. The molecule has 0 spiro atoms. The van der Waals surface area contributed by atoms with Gasteiger partial charge in [-0.25, -0.2) is 0 Å². The van der Waals surface area contributed by atoms with Crippen LogP contribution < -0.4 is 5.46 Å². The third-order valence-electron chi connectivity index (χ3n) is 5.94. The maximum atomic E-state index is 6.08. The predicted molar refractivity (Wildman–Crippen MR) is 133 cm³/mol. The molecule has 1 aliphatic rings. The molecule has 2 aromatic carbocycles. The minimum Gasteiger partial charge on any atom is -0.399 e. The maximum absolute atomic E-state index is 6.08. The van der Waals surface area contributed by atoms with Gasteiger partial charge in [0.25, 0.3) is 0 Å². The van der Waals surface area contributed by atoms with Crippen molar-refractivity contribution in [1.29, 1.82) is 0 Å². The summed E-state index contributed by atoms with van der Waals surface area (Å²) in [6, 6.07) is 31.8. The molecule has 0 N–H and O–H groups in total. The standard InChI is InChI=1S/C17H19BNO2.C11H8N.Ir/c1-16(2)17(3,4)21-18(20-16)14-10-11-19-15(12-14)13-8-6-5-7-9-13;1-2-6-10(7-3-1)11-8-4-5-9-12-11;/h5-8,10-12H,1-4H3;1-6,8-9H;/q2*-1;. The van der Waals surface area contributed by atoms with Gasteiger partial charge in [0.15, 0.2) is 0 Å². The van der Waals surface area contributed by atoms with E-state index in [1.54, 1.807) is 12.4 Å². The SMILES string of the molecule is CC1(C)OB(c2ccnc(-c3[c-]cccc3)c2)OC1(C)C.[Ir].[c-]1ccccc1-c1ccccn1. The van der Waals surface area contributed by atoms with Crippen LogP contribution in [0.2, 0.25) is 0 Å². The van der Waals surface area contributed by atoms with Gasteiger partial charge >= 0.3 is 7.12 Å². The summed E-state index contributed by atoms with van der Waals surface area (Å²) in [6.07, 6.45) is 3.58. The van der Waals surface area contributed by atoms with E-state index in [-0.39, 0.29) is 38.4 Å². The second kappa shape index (κ2) is 11.2. The molecule has 1 radical (unpaired) electrons. The molecule has 1 fully saturated rings. The summed E-state index contributed by atoms with van der Waals surface area (Å²) < 4.78 is 12.2. The summed E-state index contributed by atoms with van der Waals surface area (Å²) in [5.74, 6) is 0. The number of hydrogen-bond acceptors (Lipinski definition) is 4. The van der Waals surface area contributed by atoms with Gasteiger partial charge in [-0.2, -0.15) is 0 Å². The molecule has 175 valence electrons. The maximum Gasteiger partial charge on any atom is 0.494 e. The van der Waals surface area contributed by atoms with Crippen molar-refractivity contribution in [3.05, 3.63) is 103 Å². The van der Waals surface area contributed by atoms with Gasteiger partial charge in [0.1, 0.15) is 0 Å². The zero-order valence-corrected chi connectivity index (χ0v) is 22.2. The first kappa shape index (κ1) is 26.0. The second-order valence-corrected chi connectivity index (χ2v) is 8.83. The van der Waals surface area contributed by atoms with Crippen molar-refractivity contribution < 1.29 is 29.4 Å². The van der Waals surface area contributed by atoms with Gasteiger partial charge in [0.05, 0.1) is 11.2 Å². The molecule has 0 saturated carbocycles. The van der Waals surface area contributed by atoms with Crippen molar-refractivity contribution in [2.45, 2.75) is 38.9 Å². The molecule has 3 heterocycles. The van der Waals surface area contributed by atoms with E-state index >= 15 is 0 Å².